The van der Waals surface area contributed by atoms with Crippen LogP contribution in [-0.2, 0) is 38.2 Å². The predicted molar refractivity (Wildman–Crippen MR) is 235 cm³/mol. The smallest absolute Gasteiger partial charge is 0.870 e. The Hall–Kier alpha value is -1.88. The van der Waals surface area contributed by atoms with E-state index in [1.807, 2.05) is 13.8 Å². The van der Waals surface area contributed by atoms with Crippen molar-refractivity contribution in [2.75, 3.05) is 118 Å². The van der Waals surface area contributed by atoms with Crippen molar-refractivity contribution in [3.05, 3.63) is 7.43 Å². The van der Waals surface area contributed by atoms with Gasteiger partial charge in [0.1, 0.15) is 6.61 Å². The molecule has 0 radical (unpaired) electrons. The van der Waals surface area contributed by atoms with Gasteiger partial charge in [0.05, 0.1) is 90.5 Å². The maximum absolute atomic E-state index is 10.6. The van der Waals surface area contributed by atoms with Crippen molar-refractivity contribution in [3.63, 3.8) is 0 Å². The molecule has 0 saturated carbocycles. The number of aliphatic carboxylic acids is 3. The largest absolute Gasteiger partial charge is 1.00 e. The molecule has 65 heavy (non-hydrogen) atoms. The summed E-state index contributed by atoms with van der Waals surface area (Å²) in [4.78, 5) is 50.0. The minimum atomic E-state index is -5.08. The average molecular weight is 1030 g/mol. The van der Waals surface area contributed by atoms with E-state index in [9.17, 15) is 32.3 Å². The molecule has 0 saturated heterocycles. The number of hydrogen-bond donors (Lipinski definition) is 16. The Morgan fingerprint density at radius 3 is 0.892 bits per heavy atom. The summed E-state index contributed by atoms with van der Waals surface area (Å²) in [7, 11) is 1.00. The molecule has 0 heterocycles. The van der Waals surface area contributed by atoms with Gasteiger partial charge < -0.3 is 112 Å². The summed E-state index contributed by atoms with van der Waals surface area (Å²) in [5.41, 5.74) is 24.8. The number of aliphatic hydroxyl groups excluding tert-OH is 8. The summed E-state index contributed by atoms with van der Waals surface area (Å²) < 4.78 is 45.8. The summed E-state index contributed by atoms with van der Waals surface area (Å²) >= 11 is 9.53. The summed E-state index contributed by atoms with van der Waals surface area (Å²) in [5.74, 6) is -5.69. The first-order valence-electron chi connectivity index (χ1n) is 17.6. The zero-order valence-corrected chi connectivity index (χ0v) is 41.2. The Morgan fingerprint density at radius 2 is 0.754 bits per heavy atom. The molecule has 0 aliphatic carbocycles. The van der Waals surface area contributed by atoms with Crippen LogP contribution >= 0.6 is 23.2 Å². The van der Waals surface area contributed by atoms with E-state index >= 15 is 0 Å². The third-order valence-electron chi connectivity index (χ3n) is 3.38. The second kappa shape index (κ2) is 114. The van der Waals surface area contributed by atoms with Crippen molar-refractivity contribution in [3.8, 4) is 0 Å². The fourth-order valence-electron chi connectivity index (χ4n) is 1.22. The summed E-state index contributed by atoms with van der Waals surface area (Å²) in [6.45, 7) is 7.77. The van der Waals surface area contributed by atoms with Crippen LogP contribution < -0.4 is 58.2 Å². The van der Waals surface area contributed by atoms with E-state index in [1.54, 1.807) is 0 Å². The molecule has 0 unspecified atom stereocenters. The molecule has 0 aromatic carbocycles. The molecular weight excluding hydrogens is 949 g/mol. The molecule has 25 nitrogen and oxygen atoms in total. The SMILES string of the molecule is C.CCCO.CCCOC(=O)CCC(=O)O.CO.ClCCl.NCCO.NCCO.NCCOC(=O)CCC(=O)O.NCCOCCN.O=C(O)C(F)(F)F.OCCO.OCCO.[CH3-].[Na+].[OH-]. The molecule has 402 valence electrons. The predicted octanol–water partition coefficient (Wildman–Crippen LogP) is -5.14. The molecule has 0 fully saturated rings. The van der Waals surface area contributed by atoms with Gasteiger partial charge in [-0.3, -0.25) is 19.2 Å². The molecule has 0 rings (SSSR count). The van der Waals surface area contributed by atoms with Crippen molar-refractivity contribution in [1.82, 2.24) is 0 Å². The van der Waals surface area contributed by atoms with E-state index in [-0.39, 0.29) is 134 Å². The molecule has 0 amide bonds. The van der Waals surface area contributed by atoms with E-state index in [2.05, 4.69) is 9.47 Å². The van der Waals surface area contributed by atoms with Gasteiger partial charge in [0.2, 0.25) is 0 Å². The first-order chi connectivity index (χ1) is 28.7. The van der Waals surface area contributed by atoms with Crippen molar-refractivity contribution >= 4 is 53.0 Å². The molecule has 0 aromatic heterocycles. The molecule has 31 heteroatoms. The van der Waals surface area contributed by atoms with E-state index in [0.29, 0.717) is 52.6 Å². The van der Waals surface area contributed by atoms with Gasteiger partial charge in [-0.25, -0.2) is 4.79 Å². The number of halogens is 5. The zero-order chi connectivity index (χ0) is 50.8. The quantitative estimate of drug-likeness (QED) is 0.0189. The zero-order valence-electron chi connectivity index (χ0n) is 37.7. The van der Waals surface area contributed by atoms with Crippen LogP contribution in [-0.4, -0.2) is 216 Å². The van der Waals surface area contributed by atoms with Gasteiger partial charge in [-0.1, -0.05) is 21.3 Å². The van der Waals surface area contributed by atoms with Gasteiger partial charge in [-0.2, -0.15) is 13.2 Å². The van der Waals surface area contributed by atoms with Crippen LogP contribution in [0.25, 0.3) is 0 Å². The number of esters is 2. The maximum atomic E-state index is 10.6. The summed E-state index contributed by atoms with van der Waals surface area (Å²) in [6, 6.07) is 0. The molecule has 0 aromatic rings. The number of aliphatic hydroxyl groups is 8. The van der Waals surface area contributed by atoms with E-state index in [1.165, 1.54) is 0 Å². The second-order valence-electron chi connectivity index (χ2n) is 8.75. The van der Waals surface area contributed by atoms with Gasteiger partial charge in [0.15, 0.2) is 0 Å². The van der Waals surface area contributed by atoms with Crippen LogP contribution in [0.4, 0.5) is 13.2 Å². The molecule has 0 atom stereocenters. The van der Waals surface area contributed by atoms with Crippen molar-refractivity contribution in [2.45, 2.75) is 66.0 Å². The molecular formula is C34H84Cl2F3N5NaO20-. The molecule has 0 aliphatic rings. The van der Waals surface area contributed by atoms with E-state index in [0.717, 1.165) is 20.0 Å². The Kier molecular flexibility index (Phi) is 184. The third-order valence-corrected chi connectivity index (χ3v) is 3.38. The Balaban J connectivity index is -0.0000000335. The molecule has 22 N–H and O–H groups in total. The average Bonchev–Trinajstić information content (AvgIpc) is 3.25. The monoisotopic (exact) mass is 1030 g/mol. The second-order valence-corrected chi connectivity index (χ2v) is 9.56. The van der Waals surface area contributed by atoms with Gasteiger partial charge in [-0.15, -0.1) is 23.2 Å². The number of carboxylic acids is 3. The van der Waals surface area contributed by atoms with E-state index in [4.69, 9.17) is 118 Å². The summed E-state index contributed by atoms with van der Waals surface area (Å²) in [6.07, 6.45) is -3.91. The Morgan fingerprint density at radius 1 is 0.523 bits per heavy atom. The standard InChI is InChI=1S/C7H12O4.C6H11NO4.C4H12N2O.C3H8O.C2HF3O2.2C2H7NO.2C2H6O2.CH2Cl2.CH4O.CH4.CH3.Na.H2O/c1-2-5-11-7(10)4-3-6(8)9;7-3-4-11-6(10)2-1-5(8)9;5-1-3-7-4-2-6;1-2-3-4;3-2(4,5)1(6)7;4*3-1-2-4;2-1-3;1-2;;;;/h2-5H2,1H3,(H,8,9);1-4,7H2,(H,8,9);1-6H2;4H,2-3H2,1H3;(H,6,7);2*4H,1-3H2;2*3-4H,1-2H2;1H2;2H,1H3;1H4;1H3;;1H2/q;;;;;;;;;;;;-1;+1;/p-1. The topological polar surface area (TPSA) is 496 Å². The number of ether oxygens (including phenoxy) is 3. The van der Waals surface area contributed by atoms with Gasteiger partial charge in [0, 0.05) is 46.4 Å². The first kappa shape index (κ1) is 105. The maximum Gasteiger partial charge on any atom is 1.00 e. The first-order valence-corrected chi connectivity index (χ1v) is 18.7. The van der Waals surface area contributed by atoms with Crippen LogP contribution in [0.2, 0.25) is 0 Å². The number of nitrogens with two attached hydrogens (primary N) is 5. The minimum Gasteiger partial charge on any atom is -0.870 e. The van der Waals surface area contributed by atoms with Crippen LogP contribution in [0.1, 0.15) is 59.8 Å². The van der Waals surface area contributed by atoms with E-state index < -0.39 is 36.0 Å². The molecule has 0 spiro atoms. The van der Waals surface area contributed by atoms with Crippen molar-refractivity contribution < 1.29 is 143 Å². The number of rotatable bonds is 19. The van der Waals surface area contributed by atoms with Crippen molar-refractivity contribution in [2.24, 2.45) is 28.7 Å². The Labute approximate surface area is 413 Å². The van der Waals surface area contributed by atoms with Crippen LogP contribution in [0.5, 0.6) is 0 Å². The third kappa shape index (κ3) is 232. The van der Waals surface area contributed by atoms with Crippen molar-refractivity contribution in [1.29, 1.82) is 0 Å². The number of carbonyl (C=O) groups excluding carboxylic acids is 2. The number of hydrogen-bond acceptors (Lipinski definition) is 22. The van der Waals surface area contributed by atoms with Gasteiger partial charge in [0.25, 0.3) is 0 Å². The molecule has 0 bridgehead atoms. The number of carboxylic acid groups (broad SMARTS) is 3. The van der Waals surface area contributed by atoms with Gasteiger partial charge in [-0.05, 0) is 12.8 Å². The Bertz CT molecular complexity index is 751. The van der Waals surface area contributed by atoms with Gasteiger partial charge >= 0.3 is 65.6 Å². The minimum absolute atomic E-state index is 0. The number of carbonyl (C=O) groups is 5. The molecule has 0 aliphatic heterocycles. The normalized spacial score (nSPS) is 8.02. The van der Waals surface area contributed by atoms with Crippen LogP contribution in [0, 0.1) is 7.43 Å². The fourth-order valence-corrected chi connectivity index (χ4v) is 1.22. The number of alkyl halides is 5. The summed E-state index contributed by atoms with van der Waals surface area (Å²) in [5, 5.41) is 84.5. The fraction of sp³-hybridized carbons (Fsp3) is 0.824. The van der Waals surface area contributed by atoms with Crippen LogP contribution in [0.15, 0.2) is 0 Å². The van der Waals surface area contributed by atoms with Crippen LogP contribution in [0.3, 0.4) is 0 Å².